The molecule has 1 amide bonds. The number of hydrogen-bond donors (Lipinski definition) is 2. The average Bonchev–Trinajstić information content (AvgIpc) is 2.76. The van der Waals surface area contributed by atoms with E-state index in [1.54, 1.807) is 18.2 Å². The van der Waals surface area contributed by atoms with Crippen LogP contribution < -0.4 is 5.32 Å². The number of benzene rings is 1. The van der Waals surface area contributed by atoms with Crippen molar-refractivity contribution >= 4 is 29.2 Å². The topological polar surface area (TPSA) is 67.3 Å². The van der Waals surface area contributed by atoms with Gasteiger partial charge in [0.25, 0.3) is 10.7 Å². The van der Waals surface area contributed by atoms with Crippen molar-refractivity contribution in [2.24, 2.45) is 5.92 Å². The lowest BCUT2D eigenvalue weighted by molar-refractivity contribution is 0.0792. The third kappa shape index (κ3) is 4.41. The van der Waals surface area contributed by atoms with E-state index in [1.807, 2.05) is 6.92 Å². The Morgan fingerprint density at radius 2 is 2.14 bits per heavy atom. The molecule has 1 atom stereocenters. The SMILES string of the molecule is CC(C)COC[C@@H](C)NC(=O)c1ccc2[nH]c(=S)oc2c1. The minimum absolute atomic E-state index is 0.0513. The molecule has 2 rings (SSSR count). The van der Waals surface area contributed by atoms with Gasteiger partial charge in [-0.05, 0) is 43.3 Å². The summed E-state index contributed by atoms with van der Waals surface area (Å²) in [5, 5.41) is 2.90. The summed E-state index contributed by atoms with van der Waals surface area (Å²) >= 11 is 4.92. The molecule has 0 radical (unpaired) electrons. The van der Waals surface area contributed by atoms with Gasteiger partial charge in [0.2, 0.25) is 0 Å². The van der Waals surface area contributed by atoms with Crippen LogP contribution in [0.5, 0.6) is 0 Å². The Balaban J connectivity index is 1.96. The molecule has 0 saturated carbocycles. The Kier molecular flexibility index (Phi) is 5.14. The Bertz CT molecular complexity index is 675. The first-order valence-corrected chi connectivity index (χ1v) is 7.38. The van der Waals surface area contributed by atoms with Crippen molar-refractivity contribution in [3.05, 3.63) is 28.6 Å². The Morgan fingerprint density at radius 3 is 2.86 bits per heavy atom. The van der Waals surface area contributed by atoms with E-state index >= 15 is 0 Å². The van der Waals surface area contributed by atoms with Gasteiger partial charge in [0.15, 0.2) is 5.58 Å². The van der Waals surface area contributed by atoms with Gasteiger partial charge in [0, 0.05) is 18.2 Å². The highest BCUT2D eigenvalue weighted by atomic mass is 32.1. The fourth-order valence-electron chi connectivity index (χ4n) is 1.92. The number of nitrogens with one attached hydrogen (secondary N) is 2. The number of carbonyl (C=O) groups is 1. The van der Waals surface area contributed by atoms with Crippen LogP contribution in [0.1, 0.15) is 31.1 Å². The molecule has 0 bridgehead atoms. The van der Waals surface area contributed by atoms with E-state index in [0.29, 0.717) is 35.1 Å². The molecule has 1 aromatic carbocycles. The maximum absolute atomic E-state index is 12.2. The molecule has 21 heavy (non-hydrogen) atoms. The van der Waals surface area contributed by atoms with Crippen molar-refractivity contribution in [3.63, 3.8) is 0 Å². The first kappa shape index (κ1) is 15.7. The van der Waals surface area contributed by atoms with Crippen LogP contribution in [0.2, 0.25) is 0 Å². The number of aromatic nitrogens is 1. The number of amides is 1. The molecule has 2 N–H and O–H groups in total. The zero-order chi connectivity index (χ0) is 15.4. The van der Waals surface area contributed by atoms with E-state index < -0.39 is 0 Å². The Hall–Kier alpha value is -1.66. The molecule has 5 nitrogen and oxygen atoms in total. The minimum Gasteiger partial charge on any atom is -0.429 e. The van der Waals surface area contributed by atoms with Gasteiger partial charge in [-0.15, -0.1) is 0 Å². The third-order valence-electron chi connectivity index (χ3n) is 2.88. The van der Waals surface area contributed by atoms with Crippen molar-refractivity contribution in [3.8, 4) is 0 Å². The van der Waals surface area contributed by atoms with Gasteiger partial charge in [-0.25, -0.2) is 0 Å². The Labute approximate surface area is 128 Å². The summed E-state index contributed by atoms with van der Waals surface area (Å²) in [6, 6.07) is 5.15. The van der Waals surface area contributed by atoms with Crippen LogP contribution in [-0.4, -0.2) is 30.1 Å². The van der Waals surface area contributed by atoms with E-state index in [1.165, 1.54) is 0 Å². The second-order valence-corrected chi connectivity index (χ2v) is 5.90. The number of ether oxygens (including phenoxy) is 1. The van der Waals surface area contributed by atoms with Gasteiger partial charge in [0.1, 0.15) is 0 Å². The number of hydrogen-bond acceptors (Lipinski definition) is 4. The van der Waals surface area contributed by atoms with E-state index in [2.05, 4.69) is 24.1 Å². The molecule has 0 aliphatic heterocycles. The fourth-order valence-corrected chi connectivity index (χ4v) is 2.12. The quantitative estimate of drug-likeness (QED) is 0.804. The van der Waals surface area contributed by atoms with Crippen molar-refractivity contribution in [1.82, 2.24) is 10.3 Å². The molecule has 0 saturated heterocycles. The highest BCUT2D eigenvalue weighted by molar-refractivity contribution is 7.71. The largest absolute Gasteiger partial charge is 0.429 e. The molecule has 0 aliphatic carbocycles. The second-order valence-electron chi connectivity index (χ2n) is 5.53. The maximum atomic E-state index is 12.2. The van der Waals surface area contributed by atoms with Crippen molar-refractivity contribution < 1.29 is 13.9 Å². The van der Waals surface area contributed by atoms with Crippen LogP contribution in [0.3, 0.4) is 0 Å². The predicted molar refractivity (Wildman–Crippen MR) is 84.0 cm³/mol. The van der Waals surface area contributed by atoms with Crippen molar-refractivity contribution in [2.45, 2.75) is 26.8 Å². The number of aromatic amines is 1. The standard InChI is InChI=1S/C15H20N2O3S/c1-9(2)7-19-8-10(3)16-14(18)11-4-5-12-13(6-11)20-15(21)17-12/h4-6,9-10H,7-8H2,1-3H3,(H,16,18)(H,17,21)/t10-/m1/s1. The van der Waals surface area contributed by atoms with Gasteiger partial charge in [-0.2, -0.15) is 0 Å². The van der Waals surface area contributed by atoms with Crippen LogP contribution in [0.25, 0.3) is 11.1 Å². The van der Waals surface area contributed by atoms with Crippen LogP contribution in [-0.2, 0) is 4.74 Å². The maximum Gasteiger partial charge on any atom is 0.266 e. The first-order chi connectivity index (χ1) is 9.95. The monoisotopic (exact) mass is 308 g/mol. The van der Waals surface area contributed by atoms with E-state index in [0.717, 1.165) is 5.52 Å². The van der Waals surface area contributed by atoms with Crippen LogP contribution in [0.15, 0.2) is 22.6 Å². The molecule has 0 spiro atoms. The summed E-state index contributed by atoms with van der Waals surface area (Å²) in [5.74, 6) is 0.331. The van der Waals surface area contributed by atoms with Gasteiger partial charge in [-0.1, -0.05) is 13.8 Å². The van der Waals surface area contributed by atoms with Crippen LogP contribution in [0, 0.1) is 10.8 Å². The summed E-state index contributed by atoms with van der Waals surface area (Å²) in [4.78, 5) is 15.4. The van der Waals surface area contributed by atoms with E-state index in [9.17, 15) is 4.79 Å². The van der Waals surface area contributed by atoms with E-state index in [-0.39, 0.29) is 11.9 Å². The molecular formula is C15H20N2O3S. The molecule has 0 aliphatic rings. The molecule has 2 aromatic rings. The zero-order valence-electron chi connectivity index (χ0n) is 12.4. The van der Waals surface area contributed by atoms with Crippen molar-refractivity contribution in [2.75, 3.05) is 13.2 Å². The number of oxazole rings is 1. The highest BCUT2D eigenvalue weighted by Gasteiger charge is 2.12. The number of H-pyrrole nitrogens is 1. The highest BCUT2D eigenvalue weighted by Crippen LogP contribution is 2.15. The van der Waals surface area contributed by atoms with Gasteiger partial charge < -0.3 is 19.5 Å². The molecule has 0 fully saturated rings. The summed E-state index contributed by atoms with van der Waals surface area (Å²) in [5.41, 5.74) is 1.90. The van der Waals surface area contributed by atoms with Gasteiger partial charge >= 0.3 is 0 Å². The summed E-state index contributed by atoms with van der Waals surface area (Å²) in [6.07, 6.45) is 0. The molecule has 114 valence electrons. The van der Waals surface area contributed by atoms with E-state index in [4.69, 9.17) is 21.4 Å². The normalized spacial score (nSPS) is 12.8. The second kappa shape index (κ2) is 6.87. The summed E-state index contributed by atoms with van der Waals surface area (Å²) < 4.78 is 10.8. The lowest BCUT2D eigenvalue weighted by Crippen LogP contribution is -2.36. The molecular weight excluding hydrogens is 288 g/mol. The molecule has 6 heteroatoms. The minimum atomic E-state index is -0.153. The van der Waals surface area contributed by atoms with Gasteiger partial charge in [0.05, 0.1) is 12.1 Å². The number of rotatable bonds is 6. The predicted octanol–water partition coefficient (Wildman–Crippen LogP) is 3.28. The van der Waals surface area contributed by atoms with Crippen LogP contribution >= 0.6 is 12.2 Å². The zero-order valence-corrected chi connectivity index (χ0v) is 13.3. The van der Waals surface area contributed by atoms with Crippen molar-refractivity contribution in [1.29, 1.82) is 0 Å². The lowest BCUT2D eigenvalue weighted by atomic mass is 10.2. The summed E-state index contributed by atoms with van der Waals surface area (Å²) in [7, 11) is 0. The fraction of sp³-hybridized carbons (Fsp3) is 0.467. The smallest absolute Gasteiger partial charge is 0.266 e. The van der Waals surface area contributed by atoms with Crippen LogP contribution in [0.4, 0.5) is 0 Å². The summed E-state index contributed by atoms with van der Waals surface area (Å²) in [6.45, 7) is 7.28. The molecule has 0 unspecified atom stereocenters. The lowest BCUT2D eigenvalue weighted by Gasteiger charge is -2.15. The number of carbonyl (C=O) groups excluding carboxylic acids is 1. The number of fused-ring (bicyclic) bond motifs is 1. The first-order valence-electron chi connectivity index (χ1n) is 6.97. The van der Waals surface area contributed by atoms with Gasteiger partial charge in [-0.3, -0.25) is 4.79 Å². The average molecular weight is 308 g/mol. The molecule has 1 heterocycles. The third-order valence-corrected chi connectivity index (χ3v) is 3.07. The molecule has 1 aromatic heterocycles. The Morgan fingerprint density at radius 1 is 1.38 bits per heavy atom.